The summed E-state index contributed by atoms with van der Waals surface area (Å²) < 4.78 is 10.6. The fraction of sp³-hybridized carbons (Fsp3) is 0.417. The summed E-state index contributed by atoms with van der Waals surface area (Å²) in [6.45, 7) is 1.85. The molecule has 1 atom stereocenters. The van der Waals surface area contributed by atoms with Crippen molar-refractivity contribution in [3.63, 3.8) is 0 Å². The maximum Gasteiger partial charge on any atom is 0.318 e. The quantitative estimate of drug-likeness (QED) is 0.815. The molecule has 0 bridgehead atoms. The maximum atomic E-state index is 11.7. The number of amides is 2. The standard InChI is InChI=1S/C12H15N3O3/c13-3-4-15-9(6-14-12(15)16)8-1-2-10-11(5-8)18-7-17-10/h1-2,5,9H,3-4,6-7,13H2,(H,14,16). The molecule has 0 aliphatic carbocycles. The Labute approximate surface area is 105 Å². The average Bonchev–Trinajstić information content (AvgIpc) is 2.97. The van der Waals surface area contributed by atoms with E-state index < -0.39 is 0 Å². The van der Waals surface area contributed by atoms with Gasteiger partial charge in [-0.2, -0.15) is 0 Å². The van der Waals surface area contributed by atoms with Crippen LogP contribution in [0.5, 0.6) is 11.5 Å². The molecule has 96 valence electrons. The van der Waals surface area contributed by atoms with Crippen LogP contribution >= 0.6 is 0 Å². The van der Waals surface area contributed by atoms with Crippen LogP contribution in [-0.2, 0) is 0 Å². The zero-order chi connectivity index (χ0) is 12.5. The topological polar surface area (TPSA) is 76.8 Å². The number of urea groups is 1. The van der Waals surface area contributed by atoms with E-state index in [0.717, 1.165) is 17.1 Å². The molecule has 2 aliphatic heterocycles. The van der Waals surface area contributed by atoms with E-state index in [1.165, 1.54) is 0 Å². The lowest BCUT2D eigenvalue weighted by atomic mass is 10.1. The Balaban J connectivity index is 1.87. The summed E-state index contributed by atoms with van der Waals surface area (Å²) >= 11 is 0. The number of carbonyl (C=O) groups is 1. The lowest BCUT2D eigenvalue weighted by Gasteiger charge is -2.22. The molecule has 0 aromatic heterocycles. The highest BCUT2D eigenvalue weighted by molar-refractivity contribution is 5.77. The third-order valence-electron chi connectivity index (χ3n) is 3.24. The number of nitrogens with zero attached hydrogens (tertiary/aromatic N) is 1. The smallest absolute Gasteiger partial charge is 0.318 e. The number of hydrogen-bond acceptors (Lipinski definition) is 4. The van der Waals surface area contributed by atoms with E-state index in [0.29, 0.717) is 19.6 Å². The number of ether oxygens (including phenoxy) is 2. The molecular weight excluding hydrogens is 234 g/mol. The Hall–Kier alpha value is -1.95. The summed E-state index contributed by atoms with van der Waals surface area (Å²) in [5.74, 6) is 1.49. The minimum Gasteiger partial charge on any atom is -0.454 e. The van der Waals surface area contributed by atoms with Crippen LogP contribution in [0.25, 0.3) is 0 Å². The molecular formula is C12H15N3O3. The minimum absolute atomic E-state index is 0.00977. The van der Waals surface area contributed by atoms with Crippen molar-refractivity contribution >= 4 is 6.03 Å². The van der Waals surface area contributed by atoms with Crippen LogP contribution in [0.4, 0.5) is 4.79 Å². The van der Waals surface area contributed by atoms with Gasteiger partial charge < -0.3 is 25.4 Å². The van der Waals surface area contributed by atoms with Crippen LogP contribution in [0, 0.1) is 0 Å². The Morgan fingerprint density at radius 2 is 2.22 bits per heavy atom. The van der Waals surface area contributed by atoms with E-state index >= 15 is 0 Å². The van der Waals surface area contributed by atoms with Crippen molar-refractivity contribution < 1.29 is 14.3 Å². The fourth-order valence-electron chi connectivity index (χ4n) is 2.35. The summed E-state index contributed by atoms with van der Waals surface area (Å²) in [6, 6.07) is 5.71. The lowest BCUT2D eigenvalue weighted by Crippen LogP contribution is -2.34. The molecule has 0 spiro atoms. The first-order valence-corrected chi connectivity index (χ1v) is 5.93. The van der Waals surface area contributed by atoms with Gasteiger partial charge in [-0.3, -0.25) is 0 Å². The number of rotatable bonds is 3. The van der Waals surface area contributed by atoms with E-state index in [-0.39, 0.29) is 18.9 Å². The van der Waals surface area contributed by atoms with Crippen LogP contribution in [-0.4, -0.2) is 37.4 Å². The first kappa shape index (κ1) is 11.2. The van der Waals surface area contributed by atoms with Crippen molar-refractivity contribution in [3.05, 3.63) is 23.8 Å². The Morgan fingerprint density at radius 1 is 1.39 bits per heavy atom. The summed E-state index contributed by atoms with van der Waals surface area (Å²) in [5.41, 5.74) is 6.57. The van der Waals surface area contributed by atoms with Gasteiger partial charge in [0.1, 0.15) is 0 Å². The van der Waals surface area contributed by atoms with Crippen molar-refractivity contribution in [2.75, 3.05) is 26.4 Å². The van der Waals surface area contributed by atoms with Crippen LogP contribution < -0.4 is 20.5 Å². The van der Waals surface area contributed by atoms with Crippen molar-refractivity contribution in [3.8, 4) is 11.5 Å². The number of hydrogen-bond donors (Lipinski definition) is 2. The first-order chi connectivity index (χ1) is 8.79. The van der Waals surface area contributed by atoms with E-state index in [9.17, 15) is 4.79 Å². The number of nitrogens with two attached hydrogens (primary N) is 1. The molecule has 6 heteroatoms. The second kappa shape index (κ2) is 4.38. The highest BCUT2D eigenvalue weighted by atomic mass is 16.7. The molecule has 1 fully saturated rings. The van der Waals surface area contributed by atoms with Gasteiger partial charge in [0.25, 0.3) is 0 Å². The molecule has 1 unspecified atom stereocenters. The van der Waals surface area contributed by atoms with E-state index in [4.69, 9.17) is 15.2 Å². The van der Waals surface area contributed by atoms with Crippen molar-refractivity contribution in [2.24, 2.45) is 5.73 Å². The Kier molecular flexibility index (Phi) is 2.71. The van der Waals surface area contributed by atoms with Gasteiger partial charge in [-0.05, 0) is 17.7 Å². The fourth-order valence-corrected chi connectivity index (χ4v) is 2.35. The van der Waals surface area contributed by atoms with Crippen LogP contribution in [0.15, 0.2) is 18.2 Å². The number of benzene rings is 1. The molecule has 2 heterocycles. The highest BCUT2D eigenvalue weighted by Gasteiger charge is 2.32. The zero-order valence-corrected chi connectivity index (χ0v) is 9.89. The van der Waals surface area contributed by atoms with Gasteiger partial charge in [0.15, 0.2) is 11.5 Å². The highest BCUT2D eigenvalue weighted by Crippen LogP contribution is 2.36. The van der Waals surface area contributed by atoms with Crippen LogP contribution in [0.3, 0.4) is 0 Å². The molecule has 18 heavy (non-hydrogen) atoms. The average molecular weight is 249 g/mol. The summed E-state index contributed by atoms with van der Waals surface area (Å²) in [6.07, 6.45) is 0. The van der Waals surface area contributed by atoms with Gasteiger partial charge in [0.2, 0.25) is 6.79 Å². The monoisotopic (exact) mass is 249 g/mol. The third kappa shape index (κ3) is 1.74. The third-order valence-corrected chi connectivity index (χ3v) is 3.24. The molecule has 2 aliphatic rings. The van der Waals surface area contributed by atoms with Gasteiger partial charge in [-0.1, -0.05) is 6.07 Å². The molecule has 1 aromatic carbocycles. The number of fused-ring (bicyclic) bond motifs is 1. The second-order valence-corrected chi connectivity index (χ2v) is 4.30. The van der Waals surface area contributed by atoms with Crippen LogP contribution in [0.2, 0.25) is 0 Å². The molecule has 3 rings (SSSR count). The van der Waals surface area contributed by atoms with Crippen molar-refractivity contribution in [2.45, 2.75) is 6.04 Å². The van der Waals surface area contributed by atoms with Gasteiger partial charge in [0, 0.05) is 19.6 Å². The van der Waals surface area contributed by atoms with Crippen molar-refractivity contribution in [1.82, 2.24) is 10.2 Å². The molecule has 2 amide bonds. The molecule has 6 nitrogen and oxygen atoms in total. The SMILES string of the molecule is NCCN1C(=O)NCC1c1ccc2c(c1)OCO2. The summed E-state index contributed by atoms with van der Waals surface area (Å²) in [4.78, 5) is 13.4. The van der Waals surface area contributed by atoms with Gasteiger partial charge in [-0.25, -0.2) is 4.79 Å². The first-order valence-electron chi connectivity index (χ1n) is 5.93. The molecule has 3 N–H and O–H groups in total. The predicted molar refractivity (Wildman–Crippen MR) is 64.5 cm³/mol. The number of carbonyl (C=O) groups excluding carboxylic acids is 1. The maximum absolute atomic E-state index is 11.7. The molecule has 1 saturated heterocycles. The van der Waals surface area contributed by atoms with E-state index in [1.807, 2.05) is 18.2 Å². The molecule has 1 aromatic rings. The van der Waals surface area contributed by atoms with Gasteiger partial charge >= 0.3 is 6.03 Å². The molecule has 0 radical (unpaired) electrons. The Bertz CT molecular complexity index is 478. The second-order valence-electron chi connectivity index (χ2n) is 4.30. The van der Waals surface area contributed by atoms with Gasteiger partial charge in [-0.15, -0.1) is 0 Å². The normalized spacial score (nSPS) is 21.3. The summed E-state index contributed by atoms with van der Waals surface area (Å²) in [5, 5.41) is 2.83. The van der Waals surface area contributed by atoms with E-state index in [1.54, 1.807) is 4.90 Å². The molecule has 0 saturated carbocycles. The largest absolute Gasteiger partial charge is 0.454 e. The van der Waals surface area contributed by atoms with E-state index in [2.05, 4.69) is 5.32 Å². The lowest BCUT2D eigenvalue weighted by molar-refractivity contribution is 0.173. The van der Waals surface area contributed by atoms with Crippen LogP contribution in [0.1, 0.15) is 11.6 Å². The predicted octanol–water partition coefficient (Wildman–Crippen LogP) is 0.440. The van der Waals surface area contributed by atoms with Gasteiger partial charge in [0.05, 0.1) is 6.04 Å². The zero-order valence-electron chi connectivity index (χ0n) is 9.89. The minimum atomic E-state index is -0.0666. The van der Waals surface area contributed by atoms with Crippen molar-refractivity contribution in [1.29, 1.82) is 0 Å². The summed E-state index contributed by atoms with van der Waals surface area (Å²) in [7, 11) is 0. The Morgan fingerprint density at radius 3 is 3.06 bits per heavy atom. The number of nitrogens with one attached hydrogen (secondary N) is 1.